The summed E-state index contributed by atoms with van der Waals surface area (Å²) in [5, 5.41) is 2.78. The molecule has 8 nitrogen and oxygen atoms in total. The summed E-state index contributed by atoms with van der Waals surface area (Å²) in [5.74, 6) is 1.17. The van der Waals surface area contributed by atoms with Crippen LogP contribution in [0.3, 0.4) is 0 Å². The van der Waals surface area contributed by atoms with E-state index >= 15 is 0 Å². The molecular formula is C20H24N2O6S. The van der Waals surface area contributed by atoms with Gasteiger partial charge in [-0.15, -0.1) is 0 Å². The maximum atomic E-state index is 12.7. The van der Waals surface area contributed by atoms with E-state index in [0.717, 1.165) is 5.56 Å². The number of nitrogens with one attached hydrogen (secondary N) is 2. The van der Waals surface area contributed by atoms with E-state index in [2.05, 4.69) is 10.0 Å². The van der Waals surface area contributed by atoms with Crippen molar-refractivity contribution in [3.63, 3.8) is 0 Å². The van der Waals surface area contributed by atoms with E-state index in [0.29, 0.717) is 17.2 Å². The molecule has 1 aliphatic heterocycles. The number of rotatable bonds is 8. The lowest BCUT2D eigenvalue weighted by atomic mass is 10.0. The first-order chi connectivity index (χ1) is 13.8. The minimum Gasteiger partial charge on any atom is -0.497 e. The van der Waals surface area contributed by atoms with Gasteiger partial charge in [-0.25, -0.2) is 8.42 Å². The highest BCUT2D eigenvalue weighted by Crippen LogP contribution is 2.32. The third-order valence-electron chi connectivity index (χ3n) is 4.50. The molecule has 0 saturated heterocycles. The van der Waals surface area contributed by atoms with Gasteiger partial charge in [0.15, 0.2) is 11.5 Å². The Kier molecular flexibility index (Phi) is 6.29. The summed E-state index contributed by atoms with van der Waals surface area (Å²) in [6.07, 6.45) is 0. The Morgan fingerprint density at radius 3 is 2.45 bits per heavy atom. The van der Waals surface area contributed by atoms with E-state index in [-0.39, 0.29) is 24.2 Å². The molecule has 2 N–H and O–H groups in total. The van der Waals surface area contributed by atoms with Gasteiger partial charge < -0.3 is 19.5 Å². The molecule has 156 valence electrons. The second-order valence-electron chi connectivity index (χ2n) is 6.92. The van der Waals surface area contributed by atoms with Crippen molar-refractivity contribution >= 4 is 15.9 Å². The van der Waals surface area contributed by atoms with Crippen LogP contribution in [-0.4, -0.2) is 34.3 Å². The first-order valence-corrected chi connectivity index (χ1v) is 10.6. The van der Waals surface area contributed by atoms with Gasteiger partial charge in [-0.3, -0.25) is 4.79 Å². The van der Waals surface area contributed by atoms with E-state index in [1.165, 1.54) is 19.2 Å². The van der Waals surface area contributed by atoms with Crippen molar-refractivity contribution < 1.29 is 27.4 Å². The number of sulfonamides is 1. The number of benzene rings is 2. The van der Waals surface area contributed by atoms with Crippen molar-refractivity contribution in [2.45, 2.75) is 31.3 Å². The van der Waals surface area contributed by atoms with Gasteiger partial charge >= 0.3 is 0 Å². The fourth-order valence-electron chi connectivity index (χ4n) is 2.83. The lowest BCUT2D eigenvalue weighted by Crippen LogP contribution is -2.49. The molecule has 2 aromatic rings. The topological polar surface area (TPSA) is 103 Å². The minimum absolute atomic E-state index is 0.0625. The van der Waals surface area contributed by atoms with Crippen LogP contribution in [0.4, 0.5) is 0 Å². The largest absolute Gasteiger partial charge is 0.497 e. The van der Waals surface area contributed by atoms with E-state index in [4.69, 9.17) is 14.2 Å². The number of hydrogen-bond acceptors (Lipinski definition) is 6. The first-order valence-electron chi connectivity index (χ1n) is 9.13. The van der Waals surface area contributed by atoms with E-state index in [9.17, 15) is 13.2 Å². The molecule has 9 heteroatoms. The van der Waals surface area contributed by atoms with Gasteiger partial charge in [0.25, 0.3) is 0 Å². The van der Waals surface area contributed by atoms with Crippen LogP contribution in [0.5, 0.6) is 17.2 Å². The van der Waals surface area contributed by atoms with E-state index in [1.807, 2.05) is 6.07 Å². The molecule has 0 aromatic heterocycles. The molecule has 29 heavy (non-hydrogen) atoms. The zero-order valence-electron chi connectivity index (χ0n) is 16.5. The zero-order chi connectivity index (χ0) is 21.0. The van der Waals surface area contributed by atoms with Crippen LogP contribution in [0.15, 0.2) is 47.4 Å². The highest BCUT2D eigenvalue weighted by atomic mass is 32.2. The van der Waals surface area contributed by atoms with Crippen LogP contribution in [0.25, 0.3) is 0 Å². The summed E-state index contributed by atoms with van der Waals surface area (Å²) >= 11 is 0. The number of ether oxygens (including phenoxy) is 3. The first kappa shape index (κ1) is 20.9. The van der Waals surface area contributed by atoms with Gasteiger partial charge in [-0.05, 0) is 47.9 Å². The Morgan fingerprint density at radius 2 is 1.79 bits per heavy atom. The molecule has 3 rings (SSSR count). The van der Waals surface area contributed by atoms with Crippen LogP contribution in [-0.2, 0) is 21.4 Å². The molecule has 0 fully saturated rings. The summed E-state index contributed by atoms with van der Waals surface area (Å²) in [5.41, 5.74) is 0.822. The third kappa shape index (κ3) is 4.99. The zero-order valence-corrected chi connectivity index (χ0v) is 17.3. The molecule has 1 aliphatic rings. The lowest BCUT2D eigenvalue weighted by molar-refractivity contribution is -0.123. The van der Waals surface area contributed by atoms with Crippen molar-refractivity contribution in [1.29, 1.82) is 0 Å². The minimum atomic E-state index is -3.87. The average molecular weight is 420 g/mol. The van der Waals surface area contributed by atoms with Crippen molar-refractivity contribution in [3.8, 4) is 17.2 Å². The number of fused-ring (bicyclic) bond motifs is 1. The lowest BCUT2D eigenvalue weighted by Gasteiger charge is -2.22. The highest BCUT2D eigenvalue weighted by Gasteiger charge is 2.28. The van der Waals surface area contributed by atoms with Crippen LogP contribution >= 0.6 is 0 Å². The molecule has 0 aliphatic carbocycles. The number of carbonyl (C=O) groups excluding carboxylic acids is 1. The van der Waals surface area contributed by atoms with Crippen molar-refractivity contribution in [2.24, 2.45) is 5.92 Å². The normalized spacial score (nSPS) is 13.9. The summed E-state index contributed by atoms with van der Waals surface area (Å²) in [6, 6.07) is 10.4. The summed E-state index contributed by atoms with van der Waals surface area (Å²) in [6.45, 7) is 3.97. The molecule has 0 bridgehead atoms. The van der Waals surface area contributed by atoms with Crippen LogP contribution in [0.1, 0.15) is 19.4 Å². The monoisotopic (exact) mass is 420 g/mol. The molecule has 0 spiro atoms. The summed E-state index contributed by atoms with van der Waals surface area (Å²) in [4.78, 5) is 12.7. The van der Waals surface area contributed by atoms with Gasteiger partial charge in [0, 0.05) is 6.54 Å². The van der Waals surface area contributed by atoms with Gasteiger partial charge in [-0.1, -0.05) is 19.9 Å². The Hall–Kier alpha value is -2.78. The van der Waals surface area contributed by atoms with E-state index < -0.39 is 22.0 Å². The number of hydrogen-bond donors (Lipinski definition) is 2. The molecule has 1 atom stereocenters. The highest BCUT2D eigenvalue weighted by molar-refractivity contribution is 7.89. The fourth-order valence-corrected chi connectivity index (χ4v) is 4.18. The Balaban J connectivity index is 1.67. The maximum Gasteiger partial charge on any atom is 0.241 e. The quantitative estimate of drug-likeness (QED) is 0.678. The predicted molar refractivity (Wildman–Crippen MR) is 106 cm³/mol. The van der Waals surface area contributed by atoms with Gasteiger partial charge in [-0.2, -0.15) is 4.72 Å². The van der Waals surface area contributed by atoms with Crippen LogP contribution in [0.2, 0.25) is 0 Å². The maximum absolute atomic E-state index is 12.7. The SMILES string of the molecule is COc1ccc(S(=O)(=O)N[C@H](C(=O)NCc2ccc3c(c2)OCO3)C(C)C)cc1. The molecule has 0 saturated carbocycles. The van der Waals surface area contributed by atoms with Crippen molar-refractivity contribution in [3.05, 3.63) is 48.0 Å². The standard InChI is InChI=1S/C20H24N2O6S/c1-13(2)19(22-29(24,25)16-7-5-15(26-3)6-8-16)20(23)21-11-14-4-9-17-18(10-14)28-12-27-17/h4-10,13,19,22H,11-12H2,1-3H3,(H,21,23)/t19-/m0/s1. The smallest absolute Gasteiger partial charge is 0.241 e. The van der Waals surface area contributed by atoms with Crippen molar-refractivity contribution in [1.82, 2.24) is 10.0 Å². The Bertz CT molecular complexity index is 973. The van der Waals surface area contributed by atoms with Gasteiger partial charge in [0.05, 0.1) is 12.0 Å². The summed E-state index contributed by atoms with van der Waals surface area (Å²) in [7, 11) is -2.37. The van der Waals surface area contributed by atoms with Crippen LogP contribution in [0, 0.1) is 5.92 Å². The Labute approximate surface area is 170 Å². The molecule has 1 heterocycles. The Morgan fingerprint density at radius 1 is 1.10 bits per heavy atom. The summed E-state index contributed by atoms with van der Waals surface area (Å²) < 4.78 is 43.5. The van der Waals surface area contributed by atoms with E-state index in [1.54, 1.807) is 38.1 Å². The molecule has 0 radical (unpaired) electrons. The second kappa shape index (κ2) is 8.71. The average Bonchev–Trinajstić information content (AvgIpc) is 3.18. The number of methoxy groups -OCH3 is 1. The number of carbonyl (C=O) groups is 1. The molecule has 2 aromatic carbocycles. The van der Waals surface area contributed by atoms with Gasteiger partial charge in [0.1, 0.15) is 11.8 Å². The fraction of sp³-hybridized carbons (Fsp3) is 0.350. The molecule has 1 amide bonds. The van der Waals surface area contributed by atoms with Crippen LogP contribution < -0.4 is 24.2 Å². The van der Waals surface area contributed by atoms with Gasteiger partial charge in [0.2, 0.25) is 22.7 Å². The second-order valence-corrected chi connectivity index (χ2v) is 8.64. The number of amides is 1. The predicted octanol–water partition coefficient (Wildman–Crippen LogP) is 2.04. The molecule has 0 unspecified atom stereocenters. The van der Waals surface area contributed by atoms with Crippen molar-refractivity contribution in [2.75, 3.05) is 13.9 Å². The molecular weight excluding hydrogens is 396 g/mol. The third-order valence-corrected chi connectivity index (χ3v) is 5.96.